The van der Waals surface area contributed by atoms with Crippen molar-refractivity contribution in [1.82, 2.24) is 0 Å². The van der Waals surface area contributed by atoms with Crippen molar-refractivity contribution in [2.45, 2.75) is 44.8 Å². The normalized spacial score (nSPS) is 21.6. The molecule has 3 nitrogen and oxygen atoms in total. The molecular weight excluding hydrogens is 350 g/mol. The van der Waals surface area contributed by atoms with Gasteiger partial charge in [-0.2, -0.15) is 9.65 Å². The molecule has 1 aromatic carbocycles. The summed E-state index contributed by atoms with van der Waals surface area (Å²) in [6.45, 7) is 0.327. The lowest BCUT2D eigenvalue weighted by Gasteiger charge is -2.26. The van der Waals surface area contributed by atoms with Crippen LogP contribution in [0.2, 0.25) is 0 Å². The van der Waals surface area contributed by atoms with Crippen LogP contribution in [0.5, 0.6) is 5.75 Å². The molecule has 0 aromatic heterocycles. The van der Waals surface area contributed by atoms with E-state index < -0.39 is 12.2 Å². The van der Waals surface area contributed by atoms with E-state index in [1.54, 1.807) is 18.2 Å². The van der Waals surface area contributed by atoms with Gasteiger partial charge in [0, 0.05) is 0 Å². The van der Waals surface area contributed by atoms with Gasteiger partial charge in [-0.15, -0.1) is 13.2 Å². The van der Waals surface area contributed by atoms with Crippen molar-refractivity contribution < 1.29 is 27.0 Å². The highest BCUT2D eigenvalue weighted by molar-refractivity contribution is 5.27. The number of halogens is 4. The molecular formula is C19H19F4NO2. The minimum atomic E-state index is -4.69. The SMILES string of the molecule is N#CC(F)=CC=CC1CCC(OCc2ccc(OC(F)(F)F)cc2)CC1. The molecule has 0 amide bonds. The zero-order chi connectivity index (χ0) is 19.0. The second kappa shape index (κ2) is 9.39. The van der Waals surface area contributed by atoms with Crippen LogP contribution in [0.1, 0.15) is 31.2 Å². The molecule has 0 bridgehead atoms. The predicted molar refractivity (Wildman–Crippen MR) is 87.6 cm³/mol. The average Bonchev–Trinajstić information content (AvgIpc) is 2.61. The van der Waals surface area contributed by atoms with Gasteiger partial charge < -0.3 is 9.47 Å². The zero-order valence-electron chi connectivity index (χ0n) is 14.0. The van der Waals surface area contributed by atoms with Crippen molar-refractivity contribution >= 4 is 0 Å². The second-order valence-electron chi connectivity index (χ2n) is 6.05. The topological polar surface area (TPSA) is 42.2 Å². The molecule has 1 saturated carbocycles. The summed E-state index contributed by atoms with van der Waals surface area (Å²) < 4.78 is 58.7. The maximum atomic E-state index is 12.7. The van der Waals surface area contributed by atoms with Crippen molar-refractivity contribution in [3.05, 3.63) is 53.9 Å². The number of alkyl halides is 3. The molecule has 0 radical (unpaired) electrons. The van der Waals surface area contributed by atoms with Crippen LogP contribution in [-0.2, 0) is 11.3 Å². The van der Waals surface area contributed by atoms with E-state index in [4.69, 9.17) is 10.00 Å². The van der Waals surface area contributed by atoms with E-state index in [2.05, 4.69) is 4.74 Å². The number of ether oxygens (including phenoxy) is 2. The molecule has 26 heavy (non-hydrogen) atoms. The number of allylic oxidation sites excluding steroid dienone is 4. The summed E-state index contributed by atoms with van der Waals surface area (Å²) in [6.07, 6.45) is 3.53. The van der Waals surface area contributed by atoms with Crippen LogP contribution in [0, 0.1) is 17.2 Å². The fourth-order valence-electron chi connectivity index (χ4n) is 2.78. The molecule has 1 aliphatic rings. The number of benzene rings is 1. The summed E-state index contributed by atoms with van der Waals surface area (Å²) in [6, 6.07) is 7.04. The van der Waals surface area contributed by atoms with Gasteiger partial charge in [-0.3, -0.25) is 0 Å². The van der Waals surface area contributed by atoms with Gasteiger partial charge in [-0.05, 0) is 55.4 Å². The van der Waals surface area contributed by atoms with E-state index in [0.29, 0.717) is 12.5 Å². The van der Waals surface area contributed by atoms with Crippen LogP contribution in [0.4, 0.5) is 17.6 Å². The van der Waals surface area contributed by atoms with Crippen molar-refractivity contribution in [3.63, 3.8) is 0 Å². The summed E-state index contributed by atoms with van der Waals surface area (Å²) in [5.74, 6) is -0.739. The van der Waals surface area contributed by atoms with E-state index in [-0.39, 0.29) is 11.9 Å². The van der Waals surface area contributed by atoms with Gasteiger partial charge in [0.15, 0.2) is 5.83 Å². The maximum Gasteiger partial charge on any atom is 0.573 e. The summed E-state index contributed by atoms with van der Waals surface area (Å²) in [5.41, 5.74) is 0.777. The molecule has 0 spiro atoms. The fraction of sp³-hybridized carbons (Fsp3) is 0.421. The number of hydrogen-bond donors (Lipinski definition) is 0. The molecule has 0 heterocycles. The second-order valence-corrected chi connectivity index (χ2v) is 6.05. The van der Waals surface area contributed by atoms with Crippen LogP contribution >= 0.6 is 0 Å². The third-order valence-corrected chi connectivity index (χ3v) is 4.09. The zero-order valence-corrected chi connectivity index (χ0v) is 14.0. The third kappa shape index (κ3) is 7.28. The average molecular weight is 369 g/mol. The van der Waals surface area contributed by atoms with E-state index in [0.717, 1.165) is 37.3 Å². The minimum absolute atomic E-state index is 0.0946. The highest BCUT2D eigenvalue weighted by Crippen LogP contribution is 2.28. The first-order chi connectivity index (χ1) is 12.4. The molecule has 0 atom stereocenters. The quantitative estimate of drug-likeness (QED) is 0.373. The van der Waals surface area contributed by atoms with Crippen molar-refractivity contribution in [1.29, 1.82) is 5.26 Å². The lowest BCUT2D eigenvalue weighted by atomic mass is 9.87. The van der Waals surface area contributed by atoms with Crippen LogP contribution in [0.25, 0.3) is 0 Å². The van der Waals surface area contributed by atoms with E-state index in [1.807, 2.05) is 6.08 Å². The van der Waals surface area contributed by atoms with E-state index in [1.165, 1.54) is 18.2 Å². The van der Waals surface area contributed by atoms with Crippen LogP contribution in [-0.4, -0.2) is 12.5 Å². The van der Waals surface area contributed by atoms with Gasteiger partial charge in [0.25, 0.3) is 0 Å². The van der Waals surface area contributed by atoms with Gasteiger partial charge >= 0.3 is 6.36 Å². The van der Waals surface area contributed by atoms with E-state index in [9.17, 15) is 17.6 Å². The van der Waals surface area contributed by atoms with Crippen LogP contribution in [0.15, 0.2) is 48.3 Å². The van der Waals surface area contributed by atoms with E-state index >= 15 is 0 Å². The predicted octanol–water partition coefficient (Wildman–Crippen LogP) is 5.59. The Morgan fingerprint density at radius 2 is 1.81 bits per heavy atom. The van der Waals surface area contributed by atoms with Gasteiger partial charge in [-0.25, -0.2) is 0 Å². The Kier molecular flexibility index (Phi) is 7.22. The summed E-state index contributed by atoms with van der Waals surface area (Å²) in [5, 5.41) is 8.32. The minimum Gasteiger partial charge on any atom is -0.406 e. The van der Waals surface area contributed by atoms with Gasteiger partial charge in [0.05, 0.1) is 12.7 Å². The van der Waals surface area contributed by atoms with Gasteiger partial charge in [0.1, 0.15) is 11.8 Å². The molecule has 2 rings (SSSR count). The Morgan fingerprint density at radius 1 is 1.15 bits per heavy atom. The number of rotatable bonds is 6. The molecule has 7 heteroatoms. The molecule has 1 fully saturated rings. The molecule has 140 valence electrons. The summed E-state index contributed by atoms with van der Waals surface area (Å²) in [7, 11) is 0. The van der Waals surface area contributed by atoms with Crippen molar-refractivity contribution in [3.8, 4) is 11.8 Å². The standard InChI is InChI=1S/C19H19F4NO2/c20-16(12-24)3-1-2-14-4-8-17(9-5-14)25-13-15-6-10-18(11-7-15)26-19(21,22)23/h1-3,6-7,10-11,14,17H,4-5,8-9,13H2. The first-order valence-corrected chi connectivity index (χ1v) is 8.26. The van der Waals surface area contributed by atoms with Gasteiger partial charge in [-0.1, -0.05) is 24.3 Å². The molecule has 0 N–H and O–H groups in total. The monoisotopic (exact) mass is 369 g/mol. The smallest absolute Gasteiger partial charge is 0.406 e. The first kappa shape index (κ1) is 20.0. The number of nitriles is 1. The highest BCUT2D eigenvalue weighted by Gasteiger charge is 2.31. The van der Waals surface area contributed by atoms with Crippen molar-refractivity contribution in [2.24, 2.45) is 5.92 Å². The first-order valence-electron chi connectivity index (χ1n) is 8.26. The molecule has 1 aromatic rings. The Balaban J connectivity index is 1.72. The Bertz CT molecular complexity index is 666. The Labute approximate surface area is 149 Å². The third-order valence-electron chi connectivity index (χ3n) is 4.09. The Morgan fingerprint density at radius 3 is 2.38 bits per heavy atom. The van der Waals surface area contributed by atoms with Gasteiger partial charge in [0.2, 0.25) is 0 Å². The molecule has 0 saturated heterocycles. The summed E-state index contributed by atoms with van der Waals surface area (Å²) in [4.78, 5) is 0. The maximum absolute atomic E-state index is 12.7. The lowest BCUT2D eigenvalue weighted by Crippen LogP contribution is -2.20. The van der Waals surface area contributed by atoms with Crippen LogP contribution < -0.4 is 4.74 Å². The lowest BCUT2D eigenvalue weighted by molar-refractivity contribution is -0.274. The summed E-state index contributed by atoms with van der Waals surface area (Å²) >= 11 is 0. The highest BCUT2D eigenvalue weighted by atomic mass is 19.4. The largest absolute Gasteiger partial charge is 0.573 e. The van der Waals surface area contributed by atoms with Crippen molar-refractivity contribution in [2.75, 3.05) is 0 Å². The van der Waals surface area contributed by atoms with Crippen LogP contribution in [0.3, 0.4) is 0 Å². The molecule has 1 aliphatic carbocycles. The molecule has 0 aliphatic heterocycles. The fourth-order valence-corrected chi connectivity index (χ4v) is 2.78. The number of hydrogen-bond acceptors (Lipinski definition) is 3. The number of nitrogens with zero attached hydrogens (tertiary/aromatic N) is 1. The molecule has 0 unspecified atom stereocenters. The Hall–Kier alpha value is -2.33.